The summed E-state index contributed by atoms with van der Waals surface area (Å²) in [6, 6.07) is 17.9. The van der Waals surface area contributed by atoms with Crippen LogP contribution in [0.4, 0.5) is 0 Å². The van der Waals surface area contributed by atoms with Gasteiger partial charge < -0.3 is 9.97 Å². The fourth-order valence-corrected chi connectivity index (χ4v) is 11.1. The highest BCUT2D eigenvalue weighted by molar-refractivity contribution is 5.87. The lowest BCUT2D eigenvalue weighted by Gasteiger charge is -2.53. The van der Waals surface area contributed by atoms with E-state index in [1.807, 2.05) is 0 Å². The molecule has 2 aromatic carbocycles. The van der Waals surface area contributed by atoms with Crippen molar-refractivity contribution in [2.45, 2.75) is 83.2 Å². The van der Waals surface area contributed by atoms with Crippen LogP contribution in [-0.2, 0) is 12.8 Å². The van der Waals surface area contributed by atoms with Gasteiger partial charge in [-0.2, -0.15) is 0 Å². The molecule has 3 saturated heterocycles. The molecule has 1 saturated carbocycles. The third-order valence-corrected chi connectivity index (χ3v) is 13.1. The number of hydrogen-bond donors (Lipinski definition) is 2. The van der Waals surface area contributed by atoms with Gasteiger partial charge in [-0.3, -0.25) is 9.80 Å². The quantitative estimate of drug-likeness (QED) is 0.239. The molecule has 224 valence electrons. The molecule has 43 heavy (non-hydrogen) atoms. The van der Waals surface area contributed by atoms with E-state index in [0.29, 0.717) is 29.7 Å². The van der Waals surface area contributed by atoms with Crippen LogP contribution in [0.25, 0.3) is 21.8 Å². The molecule has 6 aliphatic rings. The van der Waals surface area contributed by atoms with E-state index in [2.05, 4.69) is 96.1 Å². The van der Waals surface area contributed by atoms with E-state index in [9.17, 15) is 0 Å². The number of likely N-dealkylation sites (N-methyl/N-ethyl adjacent to an activating group) is 1. The minimum absolute atomic E-state index is 0.368. The predicted octanol–water partition coefficient (Wildman–Crippen LogP) is 8.00. The van der Waals surface area contributed by atoms with Gasteiger partial charge in [0.1, 0.15) is 0 Å². The Morgan fingerprint density at radius 1 is 0.930 bits per heavy atom. The number of piperidine rings is 3. The van der Waals surface area contributed by atoms with Gasteiger partial charge in [0, 0.05) is 76.7 Å². The van der Waals surface area contributed by atoms with Crippen LogP contribution in [0, 0.1) is 23.7 Å². The number of para-hydroxylation sites is 1. The molecule has 10 rings (SSSR count). The van der Waals surface area contributed by atoms with E-state index in [4.69, 9.17) is 0 Å². The van der Waals surface area contributed by atoms with Gasteiger partial charge in [0.15, 0.2) is 0 Å². The van der Waals surface area contributed by atoms with E-state index in [0.717, 1.165) is 30.8 Å². The largest absolute Gasteiger partial charge is 0.358 e. The summed E-state index contributed by atoms with van der Waals surface area (Å²) in [6.45, 7) is 10.9. The van der Waals surface area contributed by atoms with Crippen LogP contribution >= 0.6 is 0 Å². The Bertz CT molecular complexity index is 1740. The number of allylic oxidation sites excluding steroid dienone is 1. The van der Waals surface area contributed by atoms with E-state index in [1.54, 1.807) is 22.4 Å². The molecule has 6 heterocycles. The Morgan fingerprint density at radius 2 is 1.77 bits per heavy atom. The summed E-state index contributed by atoms with van der Waals surface area (Å²) in [7, 11) is 2.34. The first-order chi connectivity index (χ1) is 21.0. The Kier molecular flexibility index (Phi) is 6.08. The molecule has 4 nitrogen and oxygen atoms in total. The third-order valence-electron chi connectivity index (χ3n) is 13.1. The maximum Gasteiger partial charge on any atom is 0.0462 e. The molecule has 4 heteroatoms. The highest BCUT2D eigenvalue weighted by atomic mass is 15.2. The molecular formula is C39H48N4. The lowest BCUT2D eigenvalue weighted by molar-refractivity contribution is -0.0134. The van der Waals surface area contributed by atoms with Gasteiger partial charge >= 0.3 is 0 Å². The van der Waals surface area contributed by atoms with Crippen LogP contribution < -0.4 is 0 Å². The number of fused-ring (bicyclic) bond motifs is 9. The molecule has 4 fully saturated rings. The van der Waals surface area contributed by atoms with Crippen LogP contribution in [0.1, 0.15) is 86.4 Å². The number of hydrogen-bond acceptors (Lipinski definition) is 2. The standard InChI is InChI=1S/C39H48N4/c1-5-24-15-23-16-33-37-29(13-14-43(20-23)39(24)33)28-12-11-26(17-35(28)41-37)31-18-30-22(3)36(42(4)21-25(30)6-2)19-32-27-9-7-8-10-34(27)40-38(31)32/h6-12,17,22-24,30-31,33,36,39-41H,5,13-16,18-21H2,1-4H3/t22-,23-,24+,30-,31?,33+,36-,39?/m1/s1. The lowest BCUT2D eigenvalue weighted by atomic mass is 9.65. The second-order valence-corrected chi connectivity index (χ2v) is 15.0. The van der Waals surface area contributed by atoms with Crippen molar-refractivity contribution in [2.24, 2.45) is 23.7 Å². The molecular weight excluding hydrogens is 524 g/mol. The average molecular weight is 573 g/mol. The zero-order valence-electron chi connectivity index (χ0n) is 26.5. The number of rotatable bonds is 2. The molecule has 0 spiro atoms. The van der Waals surface area contributed by atoms with Crippen LogP contribution in [0.15, 0.2) is 54.1 Å². The van der Waals surface area contributed by atoms with E-state index in [-0.39, 0.29) is 0 Å². The predicted molar refractivity (Wildman–Crippen MR) is 178 cm³/mol. The minimum Gasteiger partial charge on any atom is -0.358 e. The normalized spacial score (nSPS) is 36.4. The number of aromatic amines is 2. The first-order valence-electron chi connectivity index (χ1n) is 17.4. The summed E-state index contributed by atoms with van der Waals surface area (Å²) in [4.78, 5) is 13.6. The van der Waals surface area contributed by atoms with Crippen molar-refractivity contribution in [3.8, 4) is 0 Å². The fourth-order valence-electron chi connectivity index (χ4n) is 11.1. The van der Waals surface area contributed by atoms with E-state index < -0.39 is 0 Å². The monoisotopic (exact) mass is 572 g/mol. The van der Waals surface area contributed by atoms with Crippen LogP contribution in [0.5, 0.6) is 0 Å². The SMILES string of the molecule is CC=C1CN(C)[C@@H]2Cc3c([nH]c4ccccc34)C(c3ccc4c5c([nH]c4c3)[C@@H]3C[C@H]4C[C@H](CC)C3N(CC5)C4)C[C@@H]1[C@H]2C. The Hall–Kier alpha value is -2.82. The summed E-state index contributed by atoms with van der Waals surface area (Å²) < 4.78 is 0. The summed E-state index contributed by atoms with van der Waals surface area (Å²) in [5, 5.41) is 2.91. The number of benzene rings is 2. The Morgan fingerprint density at radius 3 is 2.63 bits per heavy atom. The van der Waals surface area contributed by atoms with Gasteiger partial charge in [0.2, 0.25) is 0 Å². The van der Waals surface area contributed by atoms with Gasteiger partial charge in [-0.05, 0) is 98.6 Å². The van der Waals surface area contributed by atoms with Crippen LogP contribution in [-0.4, -0.2) is 58.5 Å². The van der Waals surface area contributed by atoms with Gasteiger partial charge in [0.25, 0.3) is 0 Å². The number of nitrogens with zero attached hydrogens (tertiary/aromatic N) is 2. The highest BCUT2D eigenvalue weighted by Gasteiger charge is 2.49. The smallest absolute Gasteiger partial charge is 0.0462 e. The topological polar surface area (TPSA) is 38.1 Å². The molecule has 2 aliphatic carbocycles. The summed E-state index contributed by atoms with van der Waals surface area (Å²) >= 11 is 0. The first-order valence-corrected chi connectivity index (χ1v) is 17.4. The maximum atomic E-state index is 4.12. The molecule has 3 unspecified atom stereocenters. The zero-order valence-corrected chi connectivity index (χ0v) is 26.5. The zero-order chi connectivity index (χ0) is 29.0. The molecule has 2 aromatic heterocycles. The van der Waals surface area contributed by atoms with Gasteiger partial charge in [0.05, 0.1) is 0 Å². The first kappa shape index (κ1) is 26.6. The highest BCUT2D eigenvalue weighted by Crippen LogP contribution is 2.52. The maximum absolute atomic E-state index is 4.12. The van der Waals surface area contributed by atoms with Gasteiger partial charge in [-0.25, -0.2) is 0 Å². The van der Waals surface area contributed by atoms with Crippen molar-refractivity contribution in [3.05, 3.63) is 82.2 Å². The molecule has 9 atom stereocenters. The minimum atomic E-state index is 0.368. The van der Waals surface area contributed by atoms with Crippen molar-refractivity contribution in [3.63, 3.8) is 0 Å². The number of nitrogens with one attached hydrogen (secondary N) is 2. The van der Waals surface area contributed by atoms with Crippen molar-refractivity contribution >= 4 is 21.8 Å². The molecule has 0 amide bonds. The summed E-state index contributed by atoms with van der Waals surface area (Å²) in [6.07, 6.45) is 10.1. The average Bonchev–Trinajstić information content (AvgIpc) is 3.55. The van der Waals surface area contributed by atoms with Crippen molar-refractivity contribution in [2.75, 3.05) is 26.7 Å². The van der Waals surface area contributed by atoms with Gasteiger partial charge in [-0.15, -0.1) is 0 Å². The van der Waals surface area contributed by atoms with Crippen molar-refractivity contribution < 1.29 is 0 Å². The van der Waals surface area contributed by atoms with Crippen LogP contribution in [0.3, 0.4) is 0 Å². The third kappa shape index (κ3) is 3.88. The Balaban J connectivity index is 1.18. The number of H-pyrrole nitrogens is 2. The van der Waals surface area contributed by atoms with Crippen molar-refractivity contribution in [1.82, 2.24) is 19.8 Å². The fraction of sp³-hybridized carbons (Fsp3) is 0.538. The van der Waals surface area contributed by atoms with E-state index in [1.165, 1.54) is 78.3 Å². The summed E-state index contributed by atoms with van der Waals surface area (Å²) in [5.41, 5.74) is 12.0. The van der Waals surface area contributed by atoms with Crippen LogP contribution in [0.2, 0.25) is 0 Å². The van der Waals surface area contributed by atoms with Crippen molar-refractivity contribution in [1.29, 1.82) is 0 Å². The molecule has 0 radical (unpaired) electrons. The molecule has 4 aliphatic heterocycles. The second kappa shape index (κ2) is 9.84. The van der Waals surface area contributed by atoms with Gasteiger partial charge in [-0.1, -0.05) is 62.2 Å². The second-order valence-electron chi connectivity index (χ2n) is 15.0. The molecule has 6 bridgehead atoms. The number of aromatic nitrogens is 2. The van der Waals surface area contributed by atoms with E-state index >= 15 is 0 Å². The summed E-state index contributed by atoms with van der Waals surface area (Å²) in [5.74, 6) is 4.04. The Labute approximate surface area is 256 Å². The molecule has 2 N–H and O–H groups in total. The lowest BCUT2D eigenvalue weighted by Crippen LogP contribution is -2.56. The molecule has 4 aromatic rings. The number of likely N-dealkylation sites (tertiary alicyclic amines) is 1.